The molecule has 7 heteroatoms. The first kappa shape index (κ1) is 17.1. The molecule has 5 unspecified atom stereocenters. The number of rotatable bonds is 3. The van der Waals surface area contributed by atoms with Gasteiger partial charge in [-0.15, -0.1) is 0 Å². The topological polar surface area (TPSA) is 69.4 Å². The minimum Gasteiger partial charge on any atom is -0.300 e. The lowest BCUT2D eigenvalue weighted by atomic mass is 9.89. The van der Waals surface area contributed by atoms with Crippen molar-refractivity contribution in [2.75, 3.05) is 46.4 Å². The van der Waals surface area contributed by atoms with Gasteiger partial charge in [-0.25, -0.2) is 9.48 Å². The molecular formula is C18H30N7+. The molecule has 0 aromatic carbocycles. The van der Waals surface area contributed by atoms with Crippen molar-refractivity contribution in [3.63, 3.8) is 0 Å². The molecule has 2 fully saturated rings. The SMILES string of the molecule is CCN1CC=[N+](C)C1C1=CCN(C2NCNC3NCC(C#N)C32)CC1. The van der Waals surface area contributed by atoms with Crippen molar-refractivity contribution in [1.29, 1.82) is 5.26 Å². The molecule has 4 rings (SSSR count). The number of nitriles is 1. The van der Waals surface area contributed by atoms with E-state index in [0.717, 1.165) is 45.8 Å². The molecule has 0 aromatic heterocycles. The van der Waals surface area contributed by atoms with Crippen LogP contribution in [0.5, 0.6) is 0 Å². The number of nitrogens with zero attached hydrogens (tertiary/aromatic N) is 4. The van der Waals surface area contributed by atoms with Gasteiger partial charge in [0.1, 0.15) is 7.05 Å². The summed E-state index contributed by atoms with van der Waals surface area (Å²) in [6.07, 6.45) is 6.79. The summed E-state index contributed by atoms with van der Waals surface area (Å²) in [6, 6.07) is 2.50. The van der Waals surface area contributed by atoms with Gasteiger partial charge < -0.3 is 5.32 Å². The van der Waals surface area contributed by atoms with Crippen molar-refractivity contribution < 1.29 is 4.58 Å². The lowest BCUT2D eigenvalue weighted by Gasteiger charge is -2.44. The Morgan fingerprint density at radius 1 is 1.32 bits per heavy atom. The number of hydrogen-bond acceptors (Lipinski definition) is 6. The maximum Gasteiger partial charge on any atom is 0.231 e. The average Bonchev–Trinajstić information content (AvgIpc) is 3.24. The quantitative estimate of drug-likeness (QED) is 0.458. The number of likely N-dealkylation sites (N-methyl/N-ethyl adjacent to an activating group) is 2. The van der Waals surface area contributed by atoms with Crippen LogP contribution >= 0.6 is 0 Å². The summed E-state index contributed by atoms with van der Waals surface area (Å²) in [5.41, 5.74) is 1.54. The normalized spacial score (nSPS) is 39.6. The van der Waals surface area contributed by atoms with E-state index in [1.54, 1.807) is 5.57 Å². The summed E-state index contributed by atoms with van der Waals surface area (Å²) in [7, 11) is 2.19. The van der Waals surface area contributed by atoms with Crippen LogP contribution in [0.2, 0.25) is 0 Å². The van der Waals surface area contributed by atoms with Crippen LogP contribution in [-0.2, 0) is 0 Å². The summed E-state index contributed by atoms with van der Waals surface area (Å²) in [6.45, 7) is 8.00. The smallest absolute Gasteiger partial charge is 0.231 e. The van der Waals surface area contributed by atoms with Crippen LogP contribution < -0.4 is 16.0 Å². The Morgan fingerprint density at radius 2 is 2.20 bits per heavy atom. The van der Waals surface area contributed by atoms with Gasteiger partial charge in [-0.2, -0.15) is 5.26 Å². The van der Waals surface area contributed by atoms with Gasteiger partial charge in [-0.1, -0.05) is 13.0 Å². The Labute approximate surface area is 150 Å². The molecular weight excluding hydrogens is 314 g/mol. The van der Waals surface area contributed by atoms with Gasteiger partial charge in [0.2, 0.25) is 6.17 Å². The lowest BCUT2D eigenvalue weighted by Crippen LogP contribution is -2.65. The average molecular weight is 344 g/mol. The zero-order chi connectivity index (χ0) is 17.4. The van der Waals surface area contributed by atoms with E-state index in [9.17, 15) is 5.26 Å². The second-order valence-electron chi connectivity index (χ2n) is 7.56. The Hall–Kier alpha value is -1.30. The highest BCUT2D eigenvalue weighted by atomic mass is 15.4. The number of fused-ring (bicyclic) bond motifs is 1. The van der Waals surface area contributed by atoms with Crippen molar-refractivity contribution in [2.45, 2.75) is 31.8 Å². The molecule has 7 nitrogen and oxygen atoms in total. The van der Waals surface area contributed by atoms with Gasteiger partial charge in [0.25, 0.3) is 0 Å². The van der Waals surface area contributed by atoms with Crippen molar-refractivity contribution >= 4 is 6.21 Å². The fourth-order valence-electron chi connectivity index (χ4n) is 4.96. The van der Waals surface area contributed by atoms with E-state index in [4.69, 9.17) is 0 Å². The van der Waals surface area contributed by atoms with Gasteiger partial charge in [0, 0.05) is 44.3 Å². The van der Waals surface area contributed by atoms with Crippen LogP contribution in [0, 0.1) is 23.2 Å². The van der Waals surface area contributed by atoms with E-state index in [0.29, 0.717) is 12.1 Å². The molecule has 136 valence electrons. The highest BCUT2D eigenvalue weighted by Gasteiger charge is 2.46. The van der Waals surface area contributed by atoms with Crippen molar-refractivity contribution in [2.24, 2.45) is 11.8 Å². The van der Waals surface area contributed by atoms with E-state index in [1.807, 2.05) is 0 Å². The van der Waals surface area contributed by atoms with Crippen LogP contribution in [0.1, 0.15) is 13.3 Å². The van der Waals surface area contributed by atoms with Crippen molar-refractivity contribution in [3.05, 3.63) is 11.6 Å². The molecule has 5 atom stereocenters. The standard InChI is InChI=1S/C18H30N7/c1-3-24-9-8-23(2)18(24)13-4-6-25(7-5-13)17-15-14(10-19)11-20-16(15)21-12-22-17/h4,8,14-18,20-22H,3,5-7,9,11-12H2,1-2H3/q+1. The fraction of sp³-hybridized carbons (Fsp3) is 0.778. The van der Waals surface area contributed by atoms with Gasteiger partial charge >= 0.3 is 0 Å². The molecule has 0 aliphatic carbocycles. The first-order valence-corrected chi connectivity index (χ1v) is 9.55. The molecule has 0 aromatic rings. The molecule has 4 aliphatic rings. The Bertz CT molecular complexity index is 607. The highest BCUT2D eigenvalue weighted by molar-refractivity contribution is 5.56. The molecule has 0 amide bonds. The molecule has 4 aliphatic heterocycles. The number of hydrogen-bond donors (Lipinski definition) is 3. The minimum absolute atomic E-state index is 0.0758. The van der Waals surface area contributed by atoms with Crippen LogP contribution in [0.15, 0.2) is 11.6 Å². The third kappa shape index (κ3) is 3.03. The predicted molar refractivity (Wildman–Crippen MR) is 96.9 cm³/mol. The first-order chi connectivity index (χ1) is 12.2. The number of nitrogens with one attached hydrogen (secondary N) is 3. The highest BCUT2D eigenvalue weighted by Crippen LogP contribution is 2.30. The second kappa shape index (κ2) is 7.14. The Morgan fingerprint density at radius 3 is 2.92 bits per heavy atom. The first-order valence-electron chi connectivity index (χ1n) is 9.55. The summed E-state index contributed by atoms with van der Waals surface area (Å²) in [4.78, 5) is 5.04. The van der Waals surface area contributed by atoms with Crippen LogP contribution in [-0.4, -0.2) is 85.5 Å². The zero-order valence-corrected chi connectivity index (χ0v) is 15.3. The van der Waals surface area contributed by atoms with Crippen molar-refractivity contribution in [3.8, 4) is 6.07 Å². The van der Waals surface area contributed by atoms with Crippen LogP contribution in [0.4, 0.5) is 0 Å². The molecule has 4 heterocycles. The van der Waals surface area contributed by atoms with Crippen molar-refractivity contribution in [1.82, 2.24) is 25.8 Å². The Kier molecular flexibility index (Phi) is 4.89. The third-order valence-corrected chi connectivity index (χ3v) is 6.31. The maximum atomic E-state index is 9.50. The van der Waals surface area contributed by atoms with Gasteiger partial charge in [0.15, 0.2) is 6.21 Å². The van der Waals surface area contributed by atoms with Gasteiger partial charge in [0.05, 0.1) is 30.9 Å². The zero-order valence-electron chi connectivity index (χ0n) is 15.3. The lowest BCUT2D eigenvalue weighted by molar-refractivity contribution is -0.536. The molecule has 0 radical (unpaired) electrons. The maximum absolute atomic E-state index is 9.50. The minimum atomic E-state index is 0.0758. The predicted octanol–water partition coefficient (Wildman–Crippen LogP) is -0.845. The van der Waals surface area contributed by atoms with Crippen LogP contribution in [0.3, 0.4) is 0 Å². The summed E-state index contributed by atoms with van der Waals surface area (Å²) >= 11 is 0. The molecule has 3 N–H and O–H groups in total. The molecule has 2 saturated heterocycles. The van der Waals surface area contributed by atoms with Gasteiger partial charge in [-0.3, -0.25) is 15.5 Å². The summed E-state index contributed by atoms with van der Waals surface area (Å²) in [5.74, 6) is 0.384. The monoisotopic (exact) mass is 344 g/mol. The fourth-order valence-corrected chi connectivity index (χ4v) is 4.96. The molecule has 0 bridgehead atoms. The summed E-state index contributed by atoms with van der Waals surface area (Å²) in [5, 5.41) is 20.0. The van der Waals surface area contributed by atoms with E-state index in [2.05, 4.69) is 62.7 Å². The molecule has 0 saturated carbocycles. The largest absolute Gasteiger partial charge is 0.300 e. The van der Waals surface area contributed by atoms with E-state index >= 15 is 0 Å². The van der Waals surface area contributed by atoms with E-state index in [1.165, 1.54) is 0 Å². The molecule has 25 heavy (non-hydrogen) atoms. The van der Waals surface area contributed by atoms with E-state index in [-0.39, 0.29) is 18.2 Å². The summed E-state index contributed by atoms with van der Waals surface area (Å²) < 4.78 is 2.36. The Balaban J connectivity index is 1.47. The van der Waals surface area contributed by atoms with Gasteiger partial charge in [-0.05, 0) is 6.42 Å². The van der Waals surface area contributed by atoms with E-state index < -0.39 is 0 Å². The molecule has 0 spiro atoms. The third-order valence-electron chi connectivity index (χ3n) is 6.31. The second-order valence-corrected chi connectivity index (χ2v) is 7.56. The van der Waals surface area contributed by atoms with Crippen LogP contribution in [0.25, 0.3) is 0 Å².